The monoisotopic (exact) mass is 502 g/mol. The minimum absolute atomic E-state index is 0.0224. The number of ether oxygens (including phenoxy) is 2. The maximum atomic E-state index is 13.4. The molecule has 5 rings (SSSR count). The van der Waals surface area contributed by atoms with E-state index in [1.54, 1.807) is 29.7 Å². The molecule has 35 heavy (non-hydrogen) atoms. The van der Waals surface area contributed by atoms with Crippen molar-refractivity contribution < 1.29 is 19.1 Å². The molecule has 3 aromatic rings. The van der Waals surface area contributed by atoms with E-state index in [1.807, 2.05) is 43.3 Å². The van der Waals surface area contributed by atoms with E-state index in [1.165, 1.54) is 16.2 Å². The molecular formula is C25H18N4O4S2. The van der Waals surface area contributed by atoms with E-state index in [4.69, 9.17) is 14.7 Å². The van der Waals surface area contributed by atoms with Crippen molar-refractivity contribution in [3.05, 3.63) is 76.3 Å². The van der Waals surface area contributed by atoms with Crippen LogP contribution in [0, 0.1) is 18.3 Å². The summed E-state index contributed by atoms with van der Waals surface area (Å²) in [5, 5.41) is 14.5. The number of nitrogens with one attached hydrogen (secondary N) is 1. The number of aryl methyl sites for hydroxylation is 1. The molecule has 0 saturated heterocycles. The number of aliphatic imine (C=N–C) groups is 1. The Hall–Kier alpha value is -4.07. The van der Waals surface area contributed by atoms with Crippen LogP contribution in [-0.4, -0.2) is 29.5 Å². The summed E-state index contributed by atoms with van der Waals surface area (Å²) in [6, 6.07) is 16.6. The molecule has 1 N–H and O–H groups in total. The van der Waals surface area contributed by atoms with E-state index in [-0.39, 0.29) is 30.1 Å². The number of thiophene rings is 1. The molecular weight excluding hydrogens is 484 g/mol. The summed E-state index contributed by atoms with van der Waals surface area (Å²) in [5.74, 6) is 0.706. The molecule has 0 radical (unpaired) electrons. The van der Waals surface area contributed by atoms with Gasteiger partial charge in [0.25, 0.3) is 5.91 Å². The summed E-state index contributed by atoms with van der Waals surface area (Å²) in [6.45, 7) is 2.13. The van der Waals surface area contributed by atoms with Gasteiger partial charge in [-0.1, -0.05) is 35.5 Å². The van der Waals surface area contributed by atoms with E-state index in [9.17, 15) is 9.59 Å². The van der Waals surface area contributed by atoms with Gasteiger partial charge in [-0.15, -0.1) is 11.3 Å². The average molecular weight is 503 g/mol. The van der Waals surface area contributed by atoms with Crippen molar-refractivity contribution in [3.8, 4) is 17.6 Å². The normalized spacial score (nSPS) is 15.3. The Morgan fingerprint density at radius 2 is 2.03 bits per heavy atom. The van der Waals surface area contributed by atoms with Gasteiger partial charge in [0.05, 0.1) is 17.0 Å². The zero-order chi connectivity index (χ0) is 24.4. The summed E-state index contributed by atoms with van der Waals surface area (Å²) < 4.78 is 10.8. The first-order valence-corrected chi connectivity index (χ1v) is 12.4. The number of amides is 2. The van der Waals surface area contributed by atoms with Crippen LogP contribution >= 0.6 is 23.1 Å². The van der Waals surface area contributed by atoms with Crippen LogP contribution in [0.1, 0.15) is 16.7 Å². The fraction of sp³-hybridized carbons (Fsp3) is 0.120. The molecule has 174 valence electrons. The van der Waals surface area contributed by atoms with Crippen LogP contribution in [-0.2, 0) is 9.59 Å². The molecule has 0 unspecified atom stereocenters. The van der Waals surface area contributed by atoms with E-state index >= 15 is 0 Å². The quantitative estimate of drug-likeness (QED) is 0.504. The van der Waals surface area contributed by atoms with Crippen LogP contribution in [0.25, 0.3) is 6.08 Å². The van der Waals surface area contributed by atoms with Crippen LogP contribution in [0.5, 0.6) is 11.5 Å². The van der Waals surface area contributed by atoms with Gasteiger partial charge in [0, 0.05) is 0 Å². The molecule has 2 amide bonds. The fourth-order valence-corrected chi connectivity index (χ4v) is 5.03. The number of anilines is 2. The van der Waals surface area contributed by atoms with Gasteiger partial charge in [-0.3, -0.25) is 14.5 Å². The second-order valence-corrected chi connectivity index (χ2v) is 9.48. The lowest BCUT2D eigenvalue weighted by Gasteiger charge is -2.18. The van der Waals surface area contributed by atoms with E-state index in [2.05, 4.69) is 10.3 Å². The van der Waals surface area contributed by atoms with Gasteiger partial charge in [0.15, 0.2) is 16.7 Å². The number of fused-ring (bicyclic) bond motifs is 1. The zero-order valence-corrected chi connectivity index (χ0v) is 20.1. The SMILES string of the molecule is Cc1ccc(N2C(=O)/C(=C\c3ccc4c(c3)OCO4)N=C2SCC(=O)Nc2sccc2C#N)cc1. The number of thioether (sulfide) groups is 1. The van der Waals surface area contributed by atoms with Crippen LogP contribution in [0.3, 0.4) is 0 Å². The van der Waals surface area contributed by atoms with Crippen molar-refractivity contribution >= 4 is 56.8 Å². The highest BCUT2D eigenvalue weighted by atomic mass is 32.2. The van der Waals surface area contributed by atoms with Gasteiger partial charge in [-0.2, -0.15) is 5.26 Å². The average Bonchev–Trinajstić information content (AvgIpc) is 3.58. The summed E-state index contributed by atoms with van der Waals surface area (Å²) in [6.07, 6.45) is 1.68. The largest absolute Gasteiger partial charge is 0.454 e. The van der Waals surface area contributed by atoms with Crippen molar-refractivity contribution in [1.82, 2.24) is 0 Å². The third kappa shape index (κ3) is 4.77. The van der Waals surface area contributed by atoms with Crippen molar-refractivity contribution in [2.45, 2.75) is 6.92 Å². The highest BCUT2D eigenvalue weighted by Crippen LogP contribution is 2.35. The number of amidine groups is 1. The molecule has 8 nitrogen and oxygen atoms in total. The minimum Gasteiger partial charge on any atom is -0.454 e. The molecule has 0 bridgehead atoms. The van der Waals surface area contributed by atoms with Gasteiger partial charge in [-0.25, -0.2) is 4.99 Å². The summed E-state index contributed by atoms with van der Waals surface area (Å²) in [5.41, 5.74) is 3.13. The number of benzene rings is 2. The van der Waals surface area contributed by atoms with E-state index in [0.717, 1.165) is 22.9 Å². The Balaban J connectivity index is 1.40. The van der Waals surface area contributed by atoms with Crippen LogP contribution in [0.2, 0.25) is 0 Å². The highest BCUT2D eigenvalue weighted by molar-refractivity contribution is 8.14. The molecule has 0 spiro atoms. The van der Waals surface area contributed by atoms with Gasteiger partial charge in [0.2, 0.25) is 12.7 Å². The van der Waals surface area contributed by atoms with Crippen molar-refractivity contribution in [3.63, 3.8) is 0 Å². The minimum atomic E-state index is -0.292. The summed E-state index contributed by atoms with van der Waals surface area (Å²) >= 11 is 2.43. The van der Waals surface area contributed by atoms with Gasteiger partial charge in [-0.05, 0) is 54.3 Å². The van der Waals surface area contributed by atoms with Crippen molar-refractivity contribution in [1.29, 1.82) is 5.26 Å². The fourth-order valence-electron chi connectivity index (χ4n) is 3.46. The zero-order valence-electron chi connectivity index (χ0n) is 18.5. The highest BCUT2D eigenvalue weighted by Gasteiger charge is 2.32. The first-order chi connectivity index (χ1) is 17.0. The van der Waals surface area contributed by atoms with Crippen LogP contribution in [0.4, 0.5) is 10.7 Å². The van der Waals surface area contributed by atoms with Crippen LogP contribution < -0.4 is 19.7 Å². The predicted molar refractivity (Wildman–Crippen MR) is 137 cm³/mol. The molecule has 2 aromatic carbocycles. The molecule has 1 aromatic heterocycles. The lowest BCUT2D eigenvalue weighted by Crippen LogP contribution is -2.31. The molecule has 3 heterocycles. The molecule has 0 fully saturated rings. The molecule has 2 aliphatic rings. The lowest BCUT2D eigenvalue weighted by molar-refractivity contribution is -0.114. The molecule has 0 atom stereocenters. The molecule has 0 saturated carbocycles. The topological polar surface area (TPSA) is 104 Å². The summed E-state index contributed by atoms with van der Waals surface area (Å²) in [7, 11) is 0. The lowest BCUT2D eigenvalue weighted by atomic mass is 10.1. The Labute approximate surface area is 209 Å². The number of carbonyl (C=O) groups is 2. The number of nitrogens with zero attached hydrogens (tertiary/aromatic N) is 3. The smallest absolute Gasteiger partial charge is 0.283 e. The second-order valence-electron chi connectivity index (χ2n) is 7.62. The third-order valence-electron chi connectivity index (χ3n) is 5.19. The third-order valence-corrected chi connectivity index (χ3v) is 6.96. The molecule has 2 aliphatic heterocycles. The Morgan fingerprint density at radius 3 is 2.83 bits per heavy atom. The molecule has 0 aliphatic carbocycles. The van der Waals surface area contributed by atoms with Crippen molar-refractivity contribution in [2.75, 3.05) is 22.8 Å². The Morgan fingerprint density at radius 1 is 1.23 bits per heavy atom. The number of nitriles is 1. The maximum absolute atomic E-state index is 13.4. The van der Waals surface area contributed by atoms with Gasteiger partial charge < -0.3 is 14.8 Å². The first kappa shape index (κ1) is 22.7. The van der Waals surface area contributed by atoms with Gasteiger partial charge in [0.1, 0.15) is 16.8 Å². The first-order valence-electron chi connectivity index (χ1n) is 10.5. The Kier molecular flexibility index (Phi) is 6.27. The standard InChI is InChI=1S/C25H18N4O4S2/c1-15-2-5-18(6-3-15)29-24(31)19(10-16-4-7-20-21(11-16)33-14-32-20)27-25(29)35-13-22(30)28-23-17(12-26)8-9-34-23/h2-11H,13-14H2,1H3,(H,28,30)/b19-10+. The number of carbonyl (C=O) groups excluding carboxylic acids is 2. The Bertz CT molecular complexity index is 1420. The maximum Gasteiger partial charge on any atom is 0.283 e. The predicted octanol–water partition coefficient (Wildman–Crippen LogP) is 4.77. The summed E-state index contributed by atoms with van der Waals surface area (Å²) in [4.78, 5) is 32.0. The second kappa shape index (κ2) is 9.66. The molecule has 10 heteroatoms. The van der Waals surface area contributed by atoms with E-state index in [0.29, 0.717) is 32.9 Å². The van der Waals surface area contributed by atoms with Crippen LogP contribution in [0.15, 0.2) is 64.6 Å². The number of hydrogen-bond acceptors (Lipinski definition) is 8. The van der Waals surface area contributed by atoms with Crippen molar-refractivity contribution in [2.24, 2.45) is 4.99 Å². The number of hydrogen-bond donors (Lipinski definition) is 1. The van der Waals surface area contributed by atoms with Gasteiger partial charge >= 0.3 is 0 Å². The van der Waals surface area contributed by atoms with E-state index < -0.39 is 0 Å². The number of rotatable bonds is 5.